The van der Waals surface area contributed by atoms with Crippen molar-refractivity contribution in [2.75, 3.05) is 11.9 Å². The van der Waals surface area contributed by atoms with E-state index < -0.39 is 0 Å². The molecule has 15 heavy (non-hydrogen) atoms. The van der Waals surface area contributed by atoms with E-state index in [1.165, 1.54) is 0 Å². The van der Waals surface area contributed by atoms with E-state index in [0.717, 1.165) is 29.9 Å². The third-order valence-corrected chi connectivity index (χ3v) is 2.16. The van der Waals surface area contributed by atoms with E-state index in [2.05, 4.69) is 17.2 Å². The molecule has 78 valence electrons. The quantitative estimate of drug-likeness (QED) is 0.827. The van der Waals surface area contributed by atoms with Gasteiger partial charge < -0.3 is 9.73 Å². The molecule has 0 amide bonds. The number of rotatable bonds is 4. The average molecular weight is 202 g/mol. The molecule has 1 N–H and O–H groups in total. The summed E-state index contributed by atoms with van der Waals surface area (Å²) in [4.78, 5) is 4.29. The number of aromatic nitrogens is 1. The molecule has 0 aliphatic rings. The zero-order chi connectivity index (χ0) is 10.5. The number of anilines is 1. The van der Waals surface area contributed by atoms with Crippen molar-refractivity contribution in [3.8, 4) is 11.3 Å². The van der Waals surface area contributed by atoms with Crippen molar-refractivity contribution in [2.24, 2.45) is 0 Å². The van der Waals surface area contributed by atoms with Crippen LogP contribution in [0, 0.1) is 0 Å². The van der Waals surface area contributed by atoms with Crippen molar-refractivity contribution in [3.05, 3.63) is 36.9 Å². The predicted molar refractivity (Wildman–Crippen MR) is 60.7 cm³/mol. The second-order valence-electron chi connectivity index (χ2n) is 3.37. The molecular weight excluding hydrogens is 188 g/mol. The first kappa shape index (κ1) is 9.77. The van der Waals surface area contributed by atoms with Gasteiger partial charge in [-0.25, -0.2) is 0 Å². The Morgan fingerprint density at radius 2 is 2.33 bits per heavy atom. The zero-order valence-electron chi connectivity index (χ0n) is 8.73. The van der Waals surface area contributed by atoms with E-state index >= 15 is 0 Å². The van der Waals surface area contributed by atoms with Gasteiger partial charge in [-0.1, -0.05) is 6.92 Å². The fourth-order valence-electron chi connectivity index (χ4n) is 1.38. The molecule has 0 aliphatic heterocycles. The van der Waals surface area contributed by atoms with Crippen molar-refractivity contribution in [2.45, 2.75) is 13.3 Å². The molecule has 0 aromatic carbocycles. The lowest BCUT2D eigenvalue weighted by Gasteiger charge is -2.05. The standard InChI is InChI=1S/C12H14N2O/c1-2-5-13-11-3-6-14-12(8-11)10-4-7-15-9-10/h3-4,6-9H,2,5H2,1H3,(H,13,14). The highest BCUT2D eigenvalue weighted by Gasteiger charge is 2.01. The van der Waals surface area contributed by atoms with Crippen molar-refractivity contribution in [1.82, 2.24) is 4.98 Å². The molecule has 0 fully saturated rings. The van der Waals surface area contributed by atoms with E-state index in [-0.39, 0.29) is 0 Å². The van der Waals surface area contributed by atoms with E-state index in [9.17, 15) is 0 Å². The largest absolute Gasteiger partial charge is 0.472 e. The van der Waals surface area contributed by atoms with Gasteiger partial charge in [-0.15, -0.1) is 0 Å². The number of hydrogen-bond donors (Lipinski definition) is 1. The topological polar surface area (TPSA) is 38.1 Å². The molecule has 0 saturated carbocycles. The zero-order valence-corrected chi connectivity index (χ0v) is 8.73. The minimum atomic E-state index is 0.935. The van der Waals surface area contributed by atoms with Crippen LogP contribution in [0.15, 0.2) is 41.3 Å². The Labute approximate surface area is 89.1 Å². The molecule has 0 aliphatic carbocycles. The monoisotopic (exact) mass is 202 g/mol. The second-order valence-corrected chi connectivity index (χ2v) is 3.37. The molecule has 0 saturated heterocycles. The highest BCUT2D eigenvalue weighted by Crippen LogP contribution is 2.20. The van der Waals surface area contributed by atoms with Crippen LogP contribution in [0.3, 0.4) is 0 Å². The van der Waals surface area contributed by atoms with E-state index in [4.69, 9.17) is 4.42 Å². The molecule has 2 aromatic heterocycles. The lowest BCUT2D eigenvalue weighted by Crippen LogP contribution is -1.99. The summed E-state index contributed by atoms with van der Waals surface area (Å²) in [6, 6.07) is 5.91. The van der Waals surface area contributed by atoms with E-state index in [1.54, 1.807) is 18.7 Å². The number of nitrogens with one attached hydrogen (secondary N) is 1. The van der Waals surface area contributed by atoms with Crippen molar-refractivity contribution in [1.29, 1.82) is 0 Å². The SMILES string of the molecule is CCCNc1ccnc(-c2ccoc2)c1. The molecule has 2 heterocycles. The molecular formula is C12H14N2O. The molecule has 3 heteroatoms. The molecule has 0 bridgehead atoms. The maximum atomic E-state index is 5.03. The third kappa shape index (κ3) is 2.37. The fraction of sp³-hybridized carbons (Fsp3) is 0.250. The first-order chi connectivity index (χ1) is 7.40. The highest BCUT2D eigenvalue weighted by atomic mass is 16.3. The van der Waals surface area contributed by atoms with Gasteiger partial charge in [-0.2, -0.15) is 0 Å². The summed E-state index contributed by atoms with van der Waals surface area (Å²) in [5.74, 6) is 0. The molecule has 0 radical (unpaired) electrons. The van der Waals surface area contributed by atoms with Crippen LogP contribution in [0.5, 0.6) is 0 Å². The van der Waals surface area contributed by atoms with Gasteiger partial charge in [0.05, 0.1) is 18.2 Å². The van der Waals surface area contributed by atoms with Gasteiger partial charge in [0.2, 0.25) is 0 Å². The van der Waals surface area contributed by atoms with Gasteiger partial charge >= 0.3 is 0 Å². The third-order valence-electron chi connectivity index (χ3n) is 2.16. The van der Waals surface area contributed by atoms with Crippen molar-refractivity contribution >= 4 is 5.69 Å². The summed E-state index contributed by atoms with van der Waals surface area (Å²) in [7, 11) is 0. The first-order valence-electron chi connectivity index (χ1n) is 5.12. The van der Waals surface area contributed by atoms with Crippen molar-refractivity contribution < 1.29 is 4.42 Å². The summed E-state index contributed by atoms with van der Waals surface area (Å²) in [6.07, 6.45) is 6.28. The summed E-state index contributed by atoms with van der Waals surface area (Å²) in [5, 5.41) is 3.33. The van der Waals surface area contributed by atoms with Crippen LogP contribution in [0.4, 0.5) is 5.69 Å². The smallest absolute Gasteiger partial charge is 0.0996 e. The summed E-state index contributed by atoms with van der Waals surface area (Å²) in [6.45, 7) is 3.13. The Hall–Kier alpha value is -1.77. The van der Waals surface area contributed by atoms with Crippen LogP contribution in [-0.2, 0) is 0 Å². The maximum Gasteiger partial charge on any atom is 0.0996 e. The molecule has 0 spiro atoms. The van der Waals surface area contributed by atoms with Crippen LogP contribution >= 0.6 is 0 Å². The van der Waals surface area contributed by atoms with Crippen LogP contribution in [0.1, 0.15) is 13.3 Å². The average Bonchev–Trinajstić information content (AvgIpc) is 2.80. The second kappa shape index (κ2) is 4.64. The van der Waals surface area contributed by atoms with Gasteiger partial charge in [0.15, 0.2) is 0 Å². The summed E-state index contributed by atoms with van der Waals surface area (Å²) in [5.41, 5.74) is 3.04. The van der Waals surface area contributed by atoms with Crippen LogP contribution < -0.4 is 5.32 Å². The summed E-state index contributed by atoms with van der Waals surface area (Å²) < 4.78 is 5.03. The number of nitrogens with zero attached hydrogens (tertiary/aromatic N) is 1. The maximum absolute atomic E-state index is 5.03. The van der Waals surface area contributed by atoms with Gasteiger partial charge in [0.1, 0.15) is 0 Å². The molecule has 3 nitrogen and oxygen atoms in total. The highest BCUT2D eigenvalue weighted by molar-refractivity contribution is 5.62. The molecule has 2 rings (SSSR count). The van der Waals surface area contributed by atoms with Crippen LogP contribution in [0.25, 0.3) is 11.3 Å². The molecule has 0 unspecified atom stereocenters. The summed E-state index contributed by atoms with van der Waals surface area (Å²) >= 11 is 0. The van der Waals surface area contributed by atoms with Gasteiger partial charge in [-0.05, 0) is 24.6 Å². The lowest BCUT2D eigenvalue weighted by molar-refractivity contribution is 0.568. The van der Waals surface area contributed by atoms with E-state index in [1.807, 2.05) is 18.2 Å². The number of furan rings is 1. The minimum absolute atomic E-state index is 0.935. The number of hydrogen-bond acceptors (Lipinski definition) is 3. The fourth-order valence-corrected chi connectivity index (χ4v) is 1.38. The Morgan fingerprint density at radius 3 is 3.07 bits per heavy atom. The van der Waals surface area contributed by atoms with E-state index in [0.29, 0.717) is 0 Å². The molecule has 0 atom stereocenters. The van der Waals surface area contributed by atoms with Gasteiger partial charge in [0, 0.05) is 24.0 Å². The van der Waals surface area contributed by atoms with Crippen LogP contribution in [-0.4, -0.2) is 11.5 Å². The Morgan fingerprint density at radius 1 is 1.40 bits per heavy atom. The molecule has 2 aromatic rings. The number of pyridine rings is 1. The van der Waals surface area contributed by atoms with Gasteiger partial charge in [0.25, 0.3) is 0 Å². The Kier molecular flexibility index (Phi) is 3.02. The Balaban J connectivity index is 2.19. The van der Waals surface area contributed by atoms with Gasteiger partial charge in [-0.3, -0.25) is 4.98 Å². The predicted octanol–water partition coefficient (Wildman–Crippen LogP) is 3.16. The normalized spacial score (nSPS) is 10.2. The lowest BCUT2D eigenvalue weighted by atomic mass is 10.2. The first-order valence-corrected chi connectivity index (χ1v) is 5.12. The van der Waals surface area contributed by atoms with Crippen molar-refractivity contribution in [3.63, 3.8) is 0 Å². The Bertz CT molecular complexity index is 409. The van der Waals surface area contributed by atoms with Crippen LogP contribution in [0.2, 0.25) is 0 Å². The minimum Gasteiger partial charge on any atom is -0.472 e.